The van der Waals surface area contributed by atoms with Crippen LogP contribution in [0.2, 0.25) is 0 Å². The molecule has 0 aliphatic heterocycles. The van der Waals surface area contributed by atoms with E-state index in [9.17, 15) is 19.0 Å². The Balaban J connectivity index is 3.67. The average molecular weight is 1040 g/mol. The zero-order valence-electron chi connectivity index (χ0n) is 47.4. The van der Waals surface area contributed by atoms with Gasteiger partial charge in [0.1, 0.15) is 6.61 Å². The number of unbranched alkanes of at least 4 members (excludes halogenated alkanes) is 40. The molecule has 0 heterocycles. The van der Waals surface area contributed by atoms with Crippen LogP contribution in [0, 0.1) is 0 Å². The van der Waals surface area contributed by atoms with Gasteiger partial charge in [-0.25, -0.2) is 4.57 Å². The van der Waals surface area contributed by atoms with Gasteiger partial charge in [-0.05, 0) is 51.4 Å². The predicted octanol–water partition coefficient (Wildman–Crippen LogP) is 19.6. The monoisotopic (exact) mass is 1040 g/mol. The maximum absolute atomic E-state index is 12.7. The van der Waals surface area contributed by atoms with Crippen LogP contribution in [0.25, 0.3) is 0 Å². The fourth-order valence-electron chi connectivity index (χ4n) is 9.18. The Labute approximate surface area is 445 Å². The van der Waals surface area contributed by atoms with Crippen LogP contribution in [-0.2, 0) is 32.7 Å². The van der Waals surface area contributed by atoms with Crippen LogP contribution in [0.3, 0.4) is 0 Å². The maximum atomic E-state index is 12.7. The molecule has 2 unspecified atom stereocenters. The summed E-state index contributed by atoms with van der Waals surface area (Å²) in [5, 5.41) is 0. The second kappa shape index (κ2) is 58.5. The SMILES string of the molecule is CCCCCCC/C=C\C/C=C\C/C=C\CCCCCCCCCCCCCCCCCCCCCCCCCCCCC(=O)OC(COC(=O)CCCCCCCCCCCC)COP(=O)(O)OCCN. The third-order valence-electron chi connectivity index (χ3n) is 13.8. The van der Waals surface area contributed by atoms with Gasteiger partial charge in [0, 0.05) is 19.4 Å². The summed E-state index contributed by atoms with van der Waals surface area (Å²) in [6.45, 7) is 3.75. The number of ether oxygens (including phenoxy) is 2. The summed E-state index contributed by atoms with van der Waals surface area (Å²) in [6.07, 6.45) is 71.1. The first-order valence-corrected chi connectivity index (χ1v) is 32.5. The molecule has 0 rings (SSSR count). The summed E-state index contributed by atoms with van der Waals surface area (Å²) in [4.78, 5) is 35.0. The van der Waals surface area contributed by atoms with Gasteiger partial charge in [0.25, 0.3) is 0 Å². The minimum atomic E-state index is -4.38. The second-order valence-electron chi connectivity index (χ2n) is 20.9. The van der Waals surface area contributed by atoms with E-state index in [1.165, 1.54) is 238 Å². The van der Waals surface area contributed by atoms with Crippen molar-refractivity contribution in [2.75, 3.05) is 26.4 Å². The Morgan fingerprint density at radius 1 is 0.417 bits per heavy atom. The highest BCUT2D eigenvalue weighted by molar-refractivity contribution is 7.47. The summed E-state index contributed by atoms with van der Waals surface area (Å²) < 4.78 is 32.9. The molecule has 0 bridgehead atoms. The summed E-state index contributed by atoms with van der Waals surface area (Å²) in [5.41, 5.74) is 5.37. The van der Waals surface area contributed by atoms with Gasteiger partial charge in [0.2, 0.25) is 0 Å². The van der Waals surface area contributed by atoms with E-state index >= 15 is 0 Å². The smallest absolute Gasteiger partial charge is 0.462 e. The molecule has 0 aromatic heterocycles. The zero-order chi connectivity index (χ0) is 52.4. The van der Waals surface area contributed by atoms with E-state index in [1.807, 2.05) is 0 Å². The lowest BCUT2D eigenvalue weighted by Gasteiger charge is -2.19. The van der Waals surface area contributed by atoms with Crippen molar-refractivity contribution in [3.05, 3.63) is 36.5 Å². The third kappa shape index (κ3) is 57.5. The van der Waals surface area contributed by atoms with Crippen LogP contribution in [0.4, 0.5) is 0 Å². The maximum Gasteiger partial charge on any atom is 0.472 e. The highest BCUT2D eigenvalue weighted by Crippen LogP contribution is 2.43. The minimum Gasteiger partial charge on any atom is -0.462 e. The van der Waals surface area contributed by atoms with Gasteiger partial charge in [-0.15, -0.1) is 0 Å². The molecule has 2 atom stereocenters. The molecule has 9 nitrogen and oxygen atoms in total. The van der Waals surface area contributed by atoms with E-state index in [-0.39, 0.29) is 38.6 Å². The number of carbonyl (C=O) groups excluding carboxylic acids is 2. The van der Waals surface area contributed by atoms with E-state index in [2.05, 4.69) is 50.3 Å². The first kappa shape index (κ1) is 70.2. The number of esters is 2. The van der Waals surface area contributed by atoms with Gasteiger partial charge in [0.05, 0.1) is 13.2 Å². The van der Waals surface area contributed by atoms with E-state index in [1.54, 1.807) is 0 Å². The Bertz CT molecular complexity index is 1270. The van der Waals surface area contributed by atoms with Crippen molar-refractivity contribution in [3.63, 3.8) is 0 Å². The van der Waals surface area contributed by atoms with Crippen LogP contribution in [0.15, 0.2) is 36.5 Å². The number of nitrogens with two attached hydrogens (primary N) is 1. The van der Waals surface area contributed by atoms with Crippen LogP contribution >= 0.6 is 7.82 Å². The highest BCUT2D eigenvalue weighted by atomic mass is 31.2. The van der Waals surface area contributed by atoms with Crippen molar-refractivity contribution in [3.8, 4) is 0 Å². The van der Waals surface area contributed by atoms with Crippen molar-refractivity contribution in [1.29, 1.82) is 0 Å². The molecule has 10 heteroatoms. The molecule has 0 aliphatic carbocycles. The Morgan fingerprint density at radius 2 is 0.722 bits per heavy atom. The largest absolute Gasteiger partial charge is 0.472 e. The standard InChI is InChI=1S/C62H118NO8P/c1-3-5-7-9-11-13-15-16-17-18-19-20-21-22-23-24-25-26-27-28-29-30-31-32-33-34-35-36-37-38-39-40-41-42-43-44-45-47-49-51-53-55-62(65)71-60(59-70-72(66,67)69-57-56-63)58-68-61(64)54-52-50-48-46-14-12-10-8-6-4-2/h15-16,18-19,21-22,60H,3-14,17,20,23-59,63H2,1-2H3,(H,66,67)/b16-15-,19-18-,22-21-. The van der Waals surface area contributed by atoms with E-state index in [4.69, 9.17) is 24.3 Å². The third-order valence-corrected chi connectivity index (χ3v) is 14.8. The predicted molar refractivity (Wildman–Crippen MR) is 307 cm³/mol. The molecule has 424 valence electrons. The summed E-state index contributed by atoms with van der Waals surface area (Å²) >= 11 is 0. The number of phosphoric ester groups is 1. The van der Waals surface area contributed by atoms with Crippen LogP contribution in [0.5, 0.6) is 0 Å². The zero-order valence-corrected chi connectivity index (χ0v) is 48.3. The molecule has 0 radical (unpaired) electrons. The number of rotatable bonds is 59. The van der Waals surface area contributed by atoms with E-state index in [0.717, 1.165) is 44.9 Å². The molecule has 0 aromatic rings. The number of hydrogen-bond donors (Lipinski definition) is 2. The molecule has 0 saturated carbocycles. The molecule has 0 aromatic carbocycles. The second-order valence-corrected chi connectivity index (χ2v) is 22.4. The Morgan fingerprint density at radius 3 is 1.07 bits per heavy atom. The van der Waals surface area contributed by atoms with Crippen molar-refractivity contribution in [2.24, 2.45) is 5.73 Å². The van der Waals surface area contributed by atoms with E-state index < -0.39 is 26.5 Å². The summed E-state index contributed by atoms with van der Waals surface area (Å²) in [5.74, 6) is -0.814. The molecule has 3 N–H and O–H groups in total. The number of carbonyl (C=O) groups is 2. The lowest BCUT2D eigenvalue weighted by molar-refractivity contribution is -0.161. The first-order chi connectivity index (χ1) is 35.3. The molecule has 72 heavy (non-hydrogen) atoms. The van der Waals surface area contributed by atoms with Gasteiger partial charge < -0.3 is 20.1 Å². The van der Waals surface area contributed by atoms with Crippen molar-refractivity contribution in [1.82, 2.24) is 0 Å². The van der Waals surface area contributed by atoms with Gasteiger partial charge in [-0.3, -0.25) is 18.6 Å². The molecule has 0 fully saturated rings. The molecule has 0 amide bonds. The molecule has 0 aliphatic rings. The summed E-state index contributed by atoms with van der Waals surface area (Å²) in [6, 6.07) is 0. The minimum absolute atomic E-state index is 0.0565. The number of hydrogen-bond acceptors (Lipinski definition) is 8. The van der Waals surface area contributed by atoms with Crippen molar-refractivity contribution < 1.29 is 37.6 Å². The molecular weight excluding hydrogens is 918 g/mol. The summed E-state index contributed by atoms with van der Waals surface area (Å²) in [7, 11) is -4.38. The molecular formula is C62H118NO8P. The van der Waals surface area contributed by atoms with Gasteiger partial charge in [0.15, 0.2) is 6.10 Å². The van der Waals surface area contributed by atoms with Crippen molar-refractivity contribution >= 4 is 19.8 Å². The number of phosphoric acid groups is 1. The lowest BCUT2D eigenvalue weighted by atomic mass is 10.0. The quantitative estimate of drug-likeness (QED) is 0.0264. The van der Waals surface area contributed by atoms with Crippen LogP contribution < -0.4 is 5.73 Å². The molecule has 0 saturated heterocycles. The van der Waals surface area contributed by atoms with Crippen molar-refractivity contribution in [2.45, 2.75) is 322 Å². The lowest BCUT2D eigenvalue weighted by Crippen LogP contribution is -2.29. The fraction of sp³-hybridized carbons (Fsp3) is 0.871. The van der Waals surface area contributed by atoms with E-state index in [0.29, 0.717) is 6.42 Å². The Hall–Kier alpha value is -1.77. The topological polar surface area (TPSA) is 134 Å². The van der Waals surface area contributed by atoms with Gasteiger partial charge in [-0.1, -0.05) is 288 Å². The first-order valence-electron chi connectivity index (χ1n) is 31.0. The Kier molecular flexibility index (Phi) is 57.1. The van der Waals surface area contributed by atoms with Gasteiger partial charge >= 0.3 is 19.8 Å². The number of allylic oxidation sites excluding steroid dienone is 6. The molecule has 0 spiro atoms. The normalized spacial score (nSPS) is 13.2. The fourth-order valence-corrected chi connectivity index (χ4v) is 9.94. The van der Waals surface area contributed by atoms with Gasteiger partial charge in [-0.2, -0.15) is 0 Å². The highest BCUT2D eigenvalue weighted by Gasteiger charge is 2.26. The van der Waals surface area contributed by atoms with Crippen LogP contribution in [-0.4, -0.2) is 49.3 Å². The van der Waals surface area contributed by atoms with Crippen LogP contribution in [0.1, 0.15) is 316 Å². The average Bonchev–Trinajstić information content (AvgIpc) is 3.37.